The number of hydrogen-bond acceptors (Lipinski definition) is 6. The molecule has 1 aliphatic heterocycles. The standard InChI is InChI=1S/C12H19N5O2/c1-3-8-9(4-2)15-16-11(14-8)17-6-5-12(13,7-17)10(18)19/h3-7,13H2,1-2H3,(H,18,19). The lowest BCUT2D eigenvalue weighted by molar-refractivity contribution is -0.142. The molecule has 0 radical (unpaired) electrons. The molecule has 104 valence electrons. The third kappa shape index (κ3) is 2.51. The molecule has 1 atom stereocenters. The monoisotopic (exact) mass is 265 g/mol. The lowest BCUT2D eigenvalue weighted by Crippen LogP contribution is -2.50. The summed E-state index contributed by atoms with van der Waals surface area (Å²) in [6, 6.07) is 0. The Hall–Kier alpha value is -1.76. The Morgan fingerprint density at radius 3 is 2.58 bits per heavy atom. The fraction of sp³-hybridized carbons (Fsp3) is 0.667. The number of rotatable bonds is 4. The highest BCUT2D eigenvalue weighted by molar-refractivity contribution is 5.80. The van der Waals surface area contributed by atoms with Gasteiger partial charge in [0.2, 0.25) is 5.95 Å². The molecular formula is C12H19N5O2. The van der Waals surface area contributed by atoms with Gasteiger partial charge in [0.05, 0.1) is 11.4 Å². The van der Waals surface area contributed by atoms with Gasteiger partial charge in [-0.15, -0.1) is 5.10 Å². The van der Waals surface area contributed by atoms with E-state index >= 15 is 0 Å². The highest BCUT2D eigenvalue weighted by atomic mass is 16.4. The average molecular weight is 265 g/mol. The molecule has 1 aromatic rings. The second-order valence-corrected chi connectivity index (χ2v) is 4.85. The van der Waals surface area contributed by atoms with Crippen molar-refractivity contribution in [2.24, 2.45) is 5.73 Å². The number of carboxylic acids is 1. The van der Waals surface area contributed by atoms with E-state index in [1.165, 1.54) is 0 Å². The predicted molar refractivity (Wildman–Crippen MR) is 70.0 cm³/mol. The first-order chi connectivity index (χ1) is 9.00. The van der Waals surface area contributed by atoms with Crippen LogP contribution in [0.15, 0.2) is 0 Å². The van der Waals surface area contributed by atoms with Crippen LogP contribution in [0.4, 0.5) is 5.95 Å². The van der Waals surface area contributed by atoms with Gasteiger partial charge in [0.25, 0.3) is 0 Å². The molecular weight excluding hydrogens is 246 g/mol. The number of nitrogens with two attached hydrogens (primary N) is 1. The Kier molecular flexibility index (Phi) is 3.66. The Balaban J connectivity index is 2.22. The average Bonchev–Trinajstić information content (AvgIpc) is 2.82. The molecule has 0 spiro atoms. The van der Waals surface area contributed by atoms with E-state index in [4.69, 9.17) is 10.8 Å². The maximum Gasteiger partial charge on any atom is 0.325 e. The zero-order valence-corrected chi connectivity index (χ0v) is 11.3. The van der Waals surface area contributed by atoms with Gasteiger partial charge in [0.15, 0.2) is 0 Å². The van der Waals surface area contributed by atoms with Crippen molar-refractivity contribution in [2.75, 3.05) is 18.0 Å². The molecule has 3 N–H and O–H groups in total. The van der Waals surface area contributed by atoms with E-state index in [0.29, 0.717) is 18.9 Å². The van der Waals surface area contributed by atoms with E-state index in [-0.39, 0.29) is 6.54 Å². The minimum atomic E-state index is -1.21. The van der Waals surface area contributed by atoms with Crippen molar-refractivity contribution in [1.29, 1.82) is 0 Å². The number of anilines is 1. The molecule has 7 nitrogen and oxygen atoms in total. The van der Waals surface area contributed by atoms with Crippen molar-refractivity contribution in [3.63, 3.8) is 0 Å². The van der Waals surface area contributed by atoms with Gasteiger partial charge in [0, 0.05) is 13.1 Å². The number of aliphatic carboxylic acids is 1. The minimum absolute atomic E-state index is 0.221. The molecule has 1 aliphatic rings. The summed E-state index contributed by atoms with van der Waals surface area (Å²) in [6.45, 7) is 4.79. The predicted octanol–water partition coefficient (Wildman–Crippen LogP) is -0.0114. The third-order valence-corrected chi connectivity index (χ3v) is 3.51. The zero-order chi connectivity index (χ0) is 14.0. The molecule has 0 bridgehead atoms. The van der Waals surface area contributed by atoms with Gasteiger partial charge < -0.3 is 15.7 Å². The van der Waals surface area contributed by atoms with E-state index in [2.05, 4.69) is 15.2 Å². The number of carbonyl (C=O) groups is 1. The van der Waals surface area contributed by atoms with Crippen LogP contribution >= 0.6 is 0 Å². The Morgan fingerprint density at radius 2 is 2.05 bits per heavy atom. The molecule has 0 saturated carbocycles. The quantitative estimate of drug-likeness (QED) is 0.788. The number of hydrogen-bond donors (Lipinski definition) is 2. The smallest absolute Gasteiger partial charge is 0.325 e. The summed E-state index contributed by atoms with van der Waals surface area (Å²) in [5, 5.41) is 17.4. The van der Waals surface area contributed by atoms with Crippen molar-refractivity contribution in [1.82, 2.24) is 15.2 Å². The second-order valence-electron chi connectivity index (χ2n) is 4.85. The molecule has 0 aromatic carbocycles. The second kappa shape index (κ2) is 5.08. The maximum atomic E-state index is 11.1. The Labute approximate surface area is 111 Å². The number of aryl methyl sites for hydroxylation is 2. The summed E-state index contributed by atoms with van der Waals surface area (Å²) < 4.78 is 0. The van der Waals surface area contributed by atoms with Crippen molar-refractivity contribution < 1.29 is 9.90 Å². The Morgan fingerprint density at radius 1 is 1.37 bits per heavy atom. The molecule has 7 heteroatoms. The van der Waals surface area contributed by atoms with Crippen LogP contribution in [0.1, 0.15) is 31.7 Å². The number of nitrogens with zero attached hydrogens (tertiary/aromatic N) is 4. The van der Waals surface area contributed by atoms with Crippen molar-refractivity contribution >= 4 is 11.9 Å². The lowest BCUT2D eigenvalue weighted by Gasteiger charge is -2.20. The van der Waals surface area contributed by atoms with Crippen LogP contribution in [0, 0.1) is 0 Å². The first kappa shape index (κ1) is 13.7. The summed E-state index contributed by atoms with van der Waals surface area (Å²) in [4.78, 5) is 17.4. The van der Waals surface area contributed by atoms with Gasteiger partial charge in [-0.3, -0.25) is 4.79 Å². The fourth-order valence-electron chi connectivity index (χ4n) is 2.24. The van der Waals surface area contributed by atoms with Crippen LogP contribution in [0.3, 0.4) is 0 Å². The third-order valence-electron chi connectivity index (χ3n) is 3.51. The van der Waals surface area contributed by atoms with E-state index in [1.54, 1.807) is 4.90 Å². The Bertz CT molecular complexity index is 493. The van der Waals surface area contributed by atoms with Crippen molar-refractivity contribution in [2.45, 2.75) is 38.6 Å². The zero-order valence-electron chi connectivity index (χ0n) is 11.3. The molecule has 0 aliphatic carbocycles. The highest BCUT2D eigenvalue weighted by Gasteiger charge is 2.42. The highest BCUT2D eigenvalue weighted by Crippen LogP contribution is 2.23. The molecule has 1 fully saturated rings. The van der Waals surface area contributed by atoms with Gasteiger partial charge in [-0.2, -0.15) is 5.10 Å². The fourth-order valence-corrected chi connectivity index (χ4v) is 2.24. The van der Waals surface area contributed by atoms with Gasteiger partial charge in [-0.1, -0.05) is 13.8 Å². The summed E-state index contributed by atoms with van der Waals surface area (Å²) in [6.07, 6.45) is 1.97. The van der Waals surface area contributed by atoms with Crippen molar-refractivity contribution in [3.05, 3.63) is 11.4 Å². The molecule has 1 saturated heterocycles. The van der Waals surface area contributed by atoms with Gasteiger partial charge >= 0.3 is 5.97 Å². The minimum Gasteiger partial charge on any atom is -0.480 e. The largest absolute Gasteiger partial charge is 0.480 e. The lowest BCUT2D eigenvalue weighted by atomic mass is 10.0. The van der Waals surface area contributed by atoms with E-state index in [9.17, 15) is 4.79 Å². The summed E-state index contributed by atoms with van der Waals surface area (Å²) >= 11 is 0. The van der Waals surface area contributed by atoms with Crippen molar-refractivity contribution in [3.8, 4) is 0 Å². The molecule has 0 amide bonds. The first-order valence-corrected chi connectivity index (χ1v) is 6.50. The number of aromatic nitrogens is 3. The van der Waals surface area contributed by atoms with E-state index < -0.39 is 11.5 Å². The summed E-state index contributed by atoms with van der Waals surface area (Å²) in [5.74, 6) is -0.508. The van der Waals surface area contributed by atoms with Crippen LogP contribution in [0.5, 0.6) is 0 Å². The molecule has 2 rings (SSSR count). The van der Waals surface area contributed by atoms with Crippen LogP contribution < -0.4 is 10.6 Å². The molecule has 1 unspecified atom stereocenters. The van der Waals surface area contributed by atoms with Gasteiger partial charge in [0.1, 0.15) is 5.54 Å². The topological polar surface area (TPSA) is 105 Å². The van der Waals surface area contributed by atoms with E-state index in [1.807, 2.05) is 13.8 Å². The first-order valence-electron chi connectivity index (χ1n) is 6.50. The SMILES string of the molecule is CCc1nnc(N2CCC(N)(C(=O)O)C2)nc1CC. The van der Waals surface area contributed by atoms with E-state index in [0.717, 1.165) is 24.2 Å². The van der Waals surface area contributed by atoms with Crippen LogP contribution in [-0.4, -0.2) is 44.9 Å². The van der Waals surface area contributed by atoms with Crippen LogP contribution in [0.2, 0.25) is 0 Å². The summed E-state index contributed by atoms with van der Waals surface area (Å²) in [7, 11) is 0. The number of carboxylic acid groups (broad SMARTS) is 1. The van der Waals surface area contributed by atoms with Crippen LogP contribution in [-0.2, 0) is 17.6 Å². The maximum absolute atomic E-state index is 11.1. The van der Waals surface area contributed by atoms with Crippen LogP contribution in [0.25, 0.3) is 0 Å². The molecule has 1 aromatic heterocycles. The van der Waals surface area contributed by atoms with Gasteiger partial charge in [-0.05, 0) is 19.3 Å². The van der Waals surface area contributed by atoms with Gasteiger partial charge in [-0.25, -0.2) is 4.98 Å². The molecule has 19 heavy (non-hydrogen) atoms. The molecule has 2 heterocycles. The summed E-state index contributed by atoms with van der Waals surface area (Å²) in [5.41, 5.74) is 6.44. The normalized spacial score (nSPS) is 22.8.